The summed E-state index contributed by atoms with van der Waals surface area (Å²) >= 11 is 0. The molecule has 2 aliphatic rings. The summed E-state index contributed by atoms with van der Waals surface area (Å²) in [5.41, 5.74) is 1.47. The maximum atomic E-state index is 7.12. The average molecular weight is 373 g/mol. The van der Waals surface area contributed by atoms with Crippen LogP contribution < -0.4 is 0 Å². The SMILES string of the molecule is CC1OC=CC2O[Si](C(C)C)(C(C)C)O[Si](C(C)C)(C(C)C)O[C@@H]12. The monoisotopic (exact) mass is 372 g/mol. The van der Waals surface area contributed by atoms with Gasteiger partial charge in [0.2, 0.25) is 0 Å². The molecule has 0 aromatic heterocycles. The van der Waals surface area contributed by atoms with Gasteiger partial charge in [0.25, 0.3) is 0 Å². The van der Waals surface area contributed by atoms with Crippen molar-refractivity contribution in [3.63, 3.8) is 0 Å². The minimum Gasteiger partial charge on any atom is -0.496 e. The van der Waals surface area contributed by atoms with Crippen molar-refractivity contribution in [3.8, 4) is 0 Å². The van der Waals surface area contributed by atoms with Crippen LogP contribution in [0.5, 0.6) is 0 Å². The molecule has 0 radical (unpaired) electrons. The molecule has 0 saturated carbocycles. The van der Waals surface area contributed by atoms with Crippen molar-refractivity contribution in [2.24, 2.45) is 0 Å². The lowest BCUT2D eigenvalue weighted by atomic mass is 10.1. The van der Waals surface area contributed by atoms with Gasteiger partial charge in [0.1, 0.15) is 12.2 Å². The summed E-state index contributed by atoms with van der Waals surface area (Å²) in [7, 11) is -4.93. The van der Waals surface area contributed by atoms with Gasteiger partial charge in [0.15, 0.2) is 0 Å². The number of hydrogen-bond donors (Lipinski definition) is 0. The molecule has 2 heterocycles. The third-order valence-electron chi connectivity index (χ3n) is 5.53. The summed E-state index contributed by atoms with van der Waals surface area (Å²) in [6, 6.07) is 0. The third-order valence-corrected chi connectivity index (χ3v) is 15.8. The number of ether oxygens (including phenoxy) is 1. The molecule has 6 heteroatoms. The molecule has 0 aliphatic carbocycles. The van der Waals surface area contributed by atoms with Crippen LogP contribution in [0.4, 0.5) is 0 Å². The highest BCUT2D eigenvalue weighted by Crippen LogP contribution is 2.48. The van der Waals surface area contributed by atoms with Crippen LogP contribution in [-0.4, -0.2) is 35.4 Å². The summed E-state index contributed by atoms with van der Waals surface area (Å²) in [6.07, 6.45) is 3.62. The van der Waals surface area contributed by atoms with E-state index in [0.717, 1.165) is 0 Å². The molecule has 2 unspecified atom stereocenters. The van der Waals surface area contributed by atoms with Gasteiger partial charge in [0, 0.05) is 0 Å². The molecule has 0 amide bonds. The van der Waals surface area contributed by atoms with Gasteiger partial charge in [0.05, 0.1) is 12.4 Å². The highest BCUT2D eigenvalue weighted by atomic mass is 28.5. The Labute approximate surface area is 150 Å². The molecule has 2 aliphatic heterocycles. The minimum absolute atomic E-state index is 0.0166. The van der Waals surface area contributed by atoms with Gasteiger partial charge < -0.3 is 17.7 Å². The maximum absolute atomic E-state index is 7.12. The lowest BCUT2D eigenvalue weighted by Crippen LogP contribution is -2.59. The van der Waals surface area contributed by atoms with Gasteiger partial charge in [-0.3, -0.25) is 0 Å². The zero-order chi connectivity index (χ0) is 18.3. The molecule has 0 N–H and O–H groups in total. The van der Waals surface area contributed by atoms with Gasteiger partial charge in [-0.05, 0) is 35.2 Å². The Morgan fingerprint density at radius 2 is 1.21 bits per heavy atom. The van der Waals surface area contributed by atoms with Crippen LogP contribution in [0.1, 0.15) is 62.3 Å². The van der Waals surface area contributed by atoms with Crippen LogP contribution in [0.2, 0.25) is 22.2 Å². The Morgan fingerprint density at radius 1 is 0.750 bits per heavy atom. The molecule has 0 aromatic carbocycles. The summed E-state index contributed by atoms with van der Waals surface area (Å²) < 4.78 is 26.5. The quantitative estimate of drug-likeness (QED) is 0.632. The lowest BCUT2D eigenvalue weighted by Gasteiger charge is -2.45. The van der Waals surface area contributed by atoms with Crippen molar-refractivity contribution in [1.29, 1.82) is 0 Å². The normalized spacial score (nSPS) is 32.1. The Bertz CT molecular complexity index is 446. The first-order valence-electron chi connectivity index (χ1n) is 9.44. The zero-order valence-electron chi connectivity index (χ0n) is 16.8. The van der Waals surface area contributed by atoms with Crippen molar-refractivity contribution >= 4 is 17.1 Å². The fourth-order valence-corrected chi connectivity index (χ4v) is 15.3. The van der Waals surface area contributed by atoms with E-state index in [1.807, 2.05) is 6.08 Å². The molecule has 2 rings (SSSR count). The number of fused-ring (bicyclic) bond motifs is 1. The van der Waals surface area contributed by atoms with Crippen LogP contribution in [0, 0.1) is 0 Å². The van der Waals surface area contributed by atoms with Crippen molar-refractivity contribution in [2.45, 2.75) is 103 Å². The molecule has 0 bridgehead atoms. The molecule has 1 saturated heterocycles. The molecule has 140 valence electrons. The molecule has 4 nitrogen and oxygen atoms in total. The summed E-state index contributed by atoms with van der Waals surface area (Å²) in [5, 5.41) is 0. The van der Waals surface area contributed by atoms with E-state index in [2.05, 4.69) is 62.3 Å². The Morgan fingerprint density at radius 3 is 1.67 bits per heavy atom. The van der Waals surface area contributed by atoms with E-state index in [1.165, 1.54) is 0 Å². The summed E-state index contributed by atoms with van der Waals surface area (Å²) in [5.74, 6) is 0. The summed E-state index contributed by atoms with van der Waals surface area (Å²) in [4.78, 5) is 0. The maximum Gasteiger partial charge on any atom is 0.335 e. The summed E-state index contributed by atoms with van der Waals surface area (Å²) in [6.45, 7) is 20.1. The molecule has 0 aromatic rings. The molecule has 0 spiro atoms. The predicted molar refractivity (Wildman–Crippen MR) is 102 cm³/mol. The number of hydrogen-bond acceptors (Lipinski definition) is 4. The Hall–Kier alpha value is -0.146. The second kappa shape index (κ2) is 7.23. The first-order chi connectivity index (χ1) is 11.1. The molecule has 1 fully saturated rings. The minimum atomic E-state index is -2.48. The molecular weight excluding hydrogens is 336 g/mol. The second-order valence-electron chi connectivity index (χ2n) is 8.50. The molecular formula is C18H36O4Si2. The van der Waals surface area contributed by atoms with Gasteiger partial charge >= 0.3 is 17.1 Å². The standard InChI is InChI=1S/C18H36O4Si2/c1-12(2)23(13(3)4)20-17-10-11-19-16(9)18(17)21-24(22-23,14(5)6)15(7)8/h10-18H,1-9H3/t16?,17?,18-/m0/s1. The first-order valence-corrected chi connectivity index (χ1v) is 13.4. The van der Waals surface area contributed by atoms with E-state index in [1.54, 1.807) is 6.26 Å². The van der Waals surface area contributed by atoms with E-state index in [9.17, 15) is 0 Å². The molecule has 24 heavy (non-hydrogen) atoms. The third kappa shape index (κ3) is 3.28. The van der Waals surface area contributed by atoms with E-state index < -0.39 is 17.1 Å². The van der Waals surface area contributed by atoms with Crippen LogP contribution in [0.25, 0.3) is 0 Å². The van der Waals surface area contributed by atoms with Crippen molar-refractivity contribution < 1.29 is 17.7 Å². The first kappa shape index (κ1) is 20.2. The van der Waals surface area contributed by atoms with Gasteiger partial charge in [-0.25, -0.2) is 0 Å². The van der Waals surface area contributed by atoms with Crippen LogP contribution in [-0.2, 0) is 17.7 Å². The largest absolute Gasteiger partial charge is 0.496 e. The van der Waals surface area contributed by atoms with E-state index in [0.29, 0.717) is 22.2 Å². The molecule has 3 atom stereocenters. The smallest absolute Gasteiger partial charge is 0.335 e. The van der Waals surface area contributed by atoms with E-state index in [4.69, 9.17) is 17.7 Å². The fraction of sp³-hybridized carbons (Fsp3) is 0.889. The van der Waals surface area contributed by atoms with Gasteiger partial charge in [-0.15, -0.1) is 0 Å². The van der Waals surface area contributed by atoms with Crippen LogP contribution >= 0.6 is 0 Å². The zero-order valence-corrected chi connectivity index (χ0v) is 18.8. The fourth-order valence-electron chi connectivity index (χ4n) is 4.04. The van der Waals surface area contributed by atoms with Crippen LogP contribution in [0.15, 0.2) is 12.3 Å². The topological polar surface area (TPSA) is 36.9 Å². The van der Waals surface area contributed by atoms with Crippen molar-refractivity contribution in [1.82, 2.24) is 0 Å². The van der Waals surface area contributed by atoms with Crippen molar-refractivity contribution in [3.05, 3.63) is 12.3 Å². The Balaban J connectivity index is 2.60. The average Bonchev–Trinajstić information content (AvgIpc) is 2.64. The lowest BCUT2D eigenvalue weighted by molar-refractivity contribution is -0.0377. The van der Waals surface area contributed by atoms with Gasteiger partial charge in [-0.2, -0.15) is 0 Å². The van der Waals surface area contributed by atoms with Gasteiger partial charge in [-0.1, -0.05) is 55.4 Å². The van der Waals surface area contributed by atoms with E-state index in [-0.39, 0.29) is 18.3 Å². The van der Waals surface area contributed by atoms with Crippen molar-refractivity contribution in [2.75, 3.05) is 0 Å². The van der Waals surface area contributed by atoms with E-state index >= 15 is 0 Å². The number of rotatable bonds is 4. The predicted octanol–water partition coefficient (Wildman–Crippen LogP) is 5.24. The second-order valence-corrected chi connectivity index (χ2v) is 17.3. The Kier molecular flexibility index (Phi) is 6.08. The van der Waals surface area contributed by atoms with Crippen LogP contribution in [0.3, 0.4) is 0 Å². The highest BCUT2D eigenvalue weighted by molar-refractivity contribution is 6.84. The highest BCUT2D eigenvalue weighted by Gasteiger charge is 2.61.